The Kier molecular flexibility index (Phi) is 5.74. The number of thioether (sulfide) groups is 1. The molecular weight excluding hydrogens is 332 g/mol. The van der Waals surface area contributed by atoms with Crippen LogP contribution in [0.15, 0.2) is 65.8 Å². The molecule has 25 heavy (non-hydrogen) atoms. The number of rotatable bonds is 7. The van der Waals surface area contributed by atoms with Crippen molar-refractivity contribution in [2.75, 3.05) is 18.2 Å². The van der Waals surface area contributed by atoms with Gasteiger partial charge in [-0.25, -0.2) is 4.68 Å². The van der Waals surface area contributed by atoms with Gasteiger partial charge in [0.2, 0.25) is 5.16 Å². The standard InChI is InChI=1S/C19H20N4OS/c1-2-24-17-12-10-16(11-13-17)18-21-22-19(23(18)20)25-14-6-9-15-7-4-3-5-8-15/h3-13H,2,14,20H2,1H3/b9-6+. The fourth-order valence-corrected chi connectivity index (χ4v) is 2.98. The Labute approximate surface area is 151 Å². The number of nitrogens with zero attached hydrogens (tertiary/aromatic N) is 3. The second kappa shape index (κ2) is 8.39. The third kappa shape index (κ3) is 4.42. The first-order valence-electron chi connectivity index (χ1n) is 8.06. The summed E-state index contributed by atoms with van der Waals surface area (Å²) in [5.41, 5.74) is 2.08. The molecule has 0 bridgehead atoms. The predicted octanol–water partition coefficient (Wildman–Crippen LogP) is 3.86. The number of nitrogens with two attached hydrogens (primary N) is 1. The van der Waals surface area contributed by atoms with Gasteiger partial charge in [0, 0.05) is 11.3 Å². The molecule has 0 unspecified atom stereocenters. The highest BCUT2D eigenvalue weighted by atomic mass is 32.2. The highest BCUT2D eigenvalue weighted by molar-refractivity contribution is 7.99. The van der Waals surface area contributed by atoms with Crippen LogP contribution in [-0.2, 0) is 0 Å². The number of aromatic nitrogens is 3. The van der Waals surface area contributed by atoms with Crippen LogP contribution in [0.3, 0.4) is 0 Å². The number of hydrogen-bond acceptors (Lipinski definition) is 5. The topological polar surface area (TPSA) is 66.0 Å². The molecule has 0 aliphatic heterocycles. The molecule has 0 saturated heterocycles. The van der Waals surface area contributed by atoms with Crippen LogP contribution in [0.2, 0.25) is 0 Å². The molecule has 5 nitrogen and oxygen atoms in total. The Morgan fingerprint density at radius 3 is 2.56 bits per heavy atom. The zero-order valence-corrected chi connectivity index (χ0v) is 14.8. The maximum atomic E-state index is 6.14. The van der Waals surface area contributed by atoms with E-state index in [-0.39, 0.29) is 0 Å². The third-order valence-corrected chi connectivity index (χ3v) is 4.40. The molecule has 3 aromatic rings. The highest BCUT2D eigenvalue weighted by Crippen LogP contribution is 2.23. The highest BCUT2D eigenvalue weighted by Gasteiger charge is 2.11. The van der Waals surface area contributed by atoms with E-state index in [1.54, 1.807) is 11.8 Å². The molecule has 1 heterocycles. The summed E-state index contributed by atoms with van der Waals surface area (Å²) in [6.07, 6.45) is 4.17. The van der Waals surface area contributed by atoms with Crippen molar-refractivity contribution in [1.82, 2.24) is 14.9 Å². The maximum absolute atomic E-state index is 6.14. The van der Waals surface area contributed by atoms with E-state index in [0.717, 1.165) is 17.1 Å². The normalized spacial score (nSPS) is 11.1. The summed E-state index contributed by atoms with van der Waals surface area (Å²) in [7, 11) is 0. The molecule has 0 spiro atoms. The molecule has 0 fully saturated rings. The van der Waals surface area contributed by atoms with Crippen LogP contribution >= 0.6 is 11.8 Å². The second-order valence-electron chi connectivity index (χ2n) is 5.26. The monoisotopic (exact) mass is 352 g/mol. The van der Waals surface area contributed by atoms with Gasteiger partial charge in [0.25, 0.3) is 0 Å². The molecule has 0 amide bonds. The molecule has 0 aliphatic rings. The Hall–Kier alpha value is -2.73. The number of ether oxygens (including phenoxy) is 1. The van der Waals surface area contributed by atoms with Crippen molar-refractivity contribution in [1.29, 1.82) is 0 Å². The first-order valence-corrected chi connectivity index (χ1v) is 9.04. The van der Waals surface area contributed by atoms with Crippen molar-refractivity contribution in [2.45, 2.75) is 12.1 Å². The summed E-state index contributed by atoms with van der Waals surface area (Å²) in [5, 5.41) is 9.06. The van der Waals surface area contributed by atoms with E-state index in [1.807, 2.05) is 49.4 Å². The van der Waals surface area contributed by atoms with Crippen molar-refractivity contribution in [2.24, 2.45) is 0 Å². The van der Waals surface area contributed by atoms with Crippen LogP contribution in [0, 0.1) is 0 Å². The van der Waals surface area contributed by atoms with E-state index in [1.165, 1.54) is 10.2 Å². The van der Waals surface area contributed by atoms with E-state index in [9.17, 15) is 0 Å². The summed E-state index contributed by atoms with van der Waals surface area (Å²) >= 11 is 1.55. The van der Waals surface area contributed by atoms with E-state index in [2.05, 4.69) is 34.5 Å². The van der Waals surface area contributed by atoms with Crippen molar-refractivity contribution in [3.05, 3.63) is 66.2 Å². The smallest absolute Gasteiger partial charge is 0.210 e. The van der Waals surface area contributed by atoms with Crippen LogP contribution in [0.5, 0.6) is 5.75 Å². The Bertz CT molecular complexity index is 828. The molecule has 0 saturated carbocycles. The van der Waals surface area contributed by atoms with Crippen LogP contribution < -0.4 is 10.6 Å². The first-order chi connectivity index (χ1) is 12.3. The molecule has 0 atom stereocenters. The van der Waals surface area contributed by atoms with Gasteiger partial charge < -0.3 is 10.6 Å². The van der Waals surface area contributed by atoms with Crippen molar-refractivity contribution < 1.29 is 4.74 Å². The van der Waals surface area contributed by atoms with Crippen molar-refractivity contribution in [3.8, 4) is 17.1 Å². The second-order valence-corrected chi connectivity index (χ2v) is 6.24. The van der Waals surface area contributed by atoms with Crippen LogP contribution in [-0.4, -0.2) is 27.2 Å². The summed E-state index contributed by atoms with van der Waals surface area (Å²) in [6.45, 7) is 2.60. The lowest BCUT2D eigenvalue weighted by molar-refractivity contribution is 0.340. The van der Waals surface area contributed by atoms with Gasteiger partial charge >= 0.3 is 0 Å². The average Bonchev–Trinajstić information content (AvgIpc) is 3.01. The minimum atomic E-state index is 0.637. The minimum absolute atomic E-state index is 0.637. The van der Waals surface area contributed by atoms with Gasteiger partial charge in [0.05, 0.1) is 6.61 Å². The molecular formula is C19H20N4OS. The summed E-state index contributed by atoms with van der Waals surface area (Å²) < 4.78 is 6.97. The quantitative estimate of drug-likeness (QED) is 0.516. The third-order valence-electron chi connectivity index (χ3n) is 3.51. The van der Waals surface area contributed by atoms with Gasteiger partial charge in [-0.3, -0.25) is 0 Å². The van der Waals surface area contributed by atoms with Gasteiger partial charge in [-0.1, -0.05) is 54.2 Å². The van der Waals surface area contributed by atoms with Gasteiger partial charge in [-0.15, -0.1) is 10.2 Å². The Morgan fingerprint density at radius 1 is 1.08 bits per heavy atom. The lowest BCUT2D eigenvalue weighted by Crippen LogP contribution is -2.11. The molecule has 128 valence electrons. The maximum Gasteiger partial charge on any atom is 0.210 e. The summed E-state index contributed by atoms with van der Waals surface area (Å²) in [4.78, 5) is 0. The SMILES string of the molecule is CCOc1ccc(-c2nnc(SC/C=C/c3ccccc3)n2N)cc1. The molecule has 1 aromatic heterocycles. The van der Waals surface area contributed by atoms with E-state index in [4.69, 9.17) is 10.6 Å². The van der Waals surface area contributed by atoms with Gasteiger partial charge in [0.1, 0.15) is 5.75 Å². The largest absolute Gasteiger partial charge is 0.494 e. The Morgan fingerprint density at radius 2 is 1.84 bits per heavy atom. The fraction of sp³-hybridized carbons (Fsp3) is 0.158. The van der Waals surface area contributed by atoms with Gasteiger partial charge in [-0.05, 0) is 36.8 Å². The molecule has 2 aromatic carbocycles. The van der Waals surface area contributed by atoms with E-state index < -0.39 is 0 Å². The summed E-state index contributed by atoms with van der Waals surface area (Å²) in [5.74, 6) is 8.38. The fourth-order valence-electron chi connectivity index (χ4n) is 2.31. The minimum Gasteiger partial charge on any atom is -0.494 e. The molecule has 2 N–H and O–H groups in total. The van der Waals surface area contributed by atoms with E-state index in [0.29, 0.717) is 17.6 Å². The predicted molar refractivity (Wildman–Crippen MR) is 103 cm³/mol. The van der Waals surface area contributed by atoms with Crippen molar-refractivity contribution >= 4 is 17.8 Å². The average molecular weight is 352 g/mol. The molecule has 0 aliphatic carbocycles. The lowest BCUT2D eigenvalue weighted by Gasteiger charge is -2.05. The van der Waals surface area contributed by atoms with Gasteiger partial charge in [0.15, 0.2) is 5.82 Å². The zero-order valence-electron chi connectivity index (χ0n) is 14.0. The molecule has 6 heteroatoms. The van der Waals surface area contributed by atoms with Crippen molar-refractivity contribution in [3.63, 3.8) is 0 Å². The van der Waals surface area contributed by atoms with Crippen LogP contribution in [0.4, 0.5) is 0 Å². The molecule has 0 radical (unpaired) electrons. The Balaban J connectivity index is 1.63. The summed E-state index contributed by atoms with van der Waals surface area (Å²) in [6, 6.07) is 17.9. The number of nitrogen functional groups attached to an aromatic ring is 1. The van der Waals surface area contributed by atoms with Crippen LogP contribution in [0.1, 0.15) is 12.5 Å². The van der Waals surface area contributed by atoms with Gasteiger partial charge in [-0.2, -0.15) is 0 Å². The number of hydrogen-bond donors (Lipinski definition) is 1. The number of benzene rings is 2. The zero-order chi connectivity index (χ0) is 17.5. The van der Waals surface area contributed by atoms with E-state index >= 15 is 0 Å². The molecule has 3 rings (SSSR count). The first kappa shape index (κ1) is 17.1. The van der Waals surface area contributed by atoms with Crippen LogP contribution in [0.25, 0.3) is 17.5 Å². The lowest BCUT2D eigenvalue weighted by atomic mass is 10.2.